The van der Waals surface area contributed by atoms with Crippen LogP contribution >= 0.6 is 0 Å². The zero-order chi connectivity index (χ0) is 14.7. The molecule has 0 spiro atoms. The molecule has 0 bridgehead atoms. The Morgan fingerprint density at radius 1 is 1.14 bits per heavy atom. The standard InChI is InChI=1S/C16H16N4O/c17-12-6-2-1-5-11(12)16(21)18-10-9-15-19-13-7-3-4-8-14(13)20-15/h1-8H,9-10,17H2,(H,18,21)(H,19,20). The number of para-hydroxylation sites is 3. The van der Waals surface area contributed by atoms with Crippen molar-refractivity contribution in [1.82, 2.24) is 15.3 Å². The monoisotopic (exact) mass is 280 g/mol. The van der Waals surface area contributed by atoms with Crippen LogP contribution in [0.25, 0.3) is 11.0 Å². The van der Waals surface area contributed by atoms with Crippen LogP contribution in [0.2, 0.25) is 0 Å². The number of H-pyrrole nitrogens is 1. The summed E-state index contributed by atoms with van der Waals surface area (Å²) in [5.41, 5.74) is 8.70. The maximum Gasteiger partial charge on any atom is 0.253 e. The van der Waals surface area contributed by atoms with Gasteiger partial charge in [0, 0.05) is 18.7 Å². The second-order valence-corrected chi connectivity index (χ2v) is 4.79. The molecule has 5 nitrogen and oxygen atoms in total. The first-order valence-corrected chi connectivity index (χ1v) is 6.80. The van der Waals surface area contributed by atoms with Crippen molar-refractivity contribution < 1.29 is 4.79 Å². The van der Waals surface area contributed by atoms with Gasteiger partial charge < -0.3 is 16.0 Å². The fourth-order valence-electron chi connectivity index (χ4n) is 2.22. The summed E-state index contributed by atoms with van der Waals surface area (Å²) in [4.78, 5) is 19.7. The van der Waals surface area contributed by atoms with E-state index in [2.05, 4.69) is 15.3 Å². The van der Waals surface area contributed by atoms with Gasteiger partial charge in [-0.05, 0) is 24.3 Å². The Balaban J connectivity index is 1.61. The molecule has 0 fully saturated rings. The number of benzene rings is 2. The van der Waals surface area contributed by atoms with E-state index in [0.717, 1.165) is 16.9 Å². The van der Waals surface area contributed by atoms with Crippen LogP contribution in [0.4, 0.5) is 5.69 Å². The molecular weight excluding hydrogens is 264 g/mol. The van der Waals surface area contributed by atoms with E-state index in [0.29, 0.717) is 24.2 Å². The molecule has 0 aliphatic heterocycles. The first-order chi connectivity index (χ1) is 10.2. The molecule has 106 valence electrons. The predicted molar refractivity (Wildman–Crippen MR) is 83.0 cm³/mol. The largest absolute Gasteiger partial charge is 0.398 e. The van der Waals surface area contributed by atoms with E-state index in [1.165, 1.54) is 0 Å². The van der Waals surface area contributed by atoms with Crippen molar-refractivity contribution in [2.75, 3.05) is 12.3 Å². The van der Waals surface area contributed by atoms with Crippen LogP contribution in [0.1, 0.15) is 16.2 Å². The number of fused-ring (bicyclic) bond motifs is 1. The van der Waals surface area contributed by atoms with Crippen LogP contribution in [0.5, 0.6) is 0 Å². The fourth-order valence-corrected chi connectivity index (χ4v) is 2.22. The summed E-state index contributed by atoms with van der Waals surface area (Å²) >= 11 is 0. The third-order valence-electron chi connectivity index (χ3n) is 3.29. The molecule has 0 aliphatic carbocycles. The van der Waals surface area contributed by atoms with Gasteiger partial charge in [-0.3, -0.25) is 4.79 Å². The van der Waals surface area contributed by atoms with Gasteiger partial charge >= 0.3 is 0 Å². The van der Waals surface area contributed by atoms with Gasteiger partial charge in [-0.1, -0.05) is 24.3 Å². The van der Waals surface area contributed by atoms with E-state index in [-0.39, 0.29) is 5.91 Å². The highest BCUT2D eigenvalue weighted by molar-refractivity contribution is 5.99. The average molecular weight is 280 g/mol. The van der Waals surface area contributed by atoms with Crippen LogP contribution in [0.3, 0.4) is 0 Å². The Hall–Kier alpha value is -2.82. The second kappa shape index (κ2) is 5.66. The van der Waals surface area contributed by atoms with Crippen molar-refractivity contribution in [1.29, 1.82) is 0 Å². The van der Waals surface area contributed by atoms with Crippen molar-refractivity contribution in [3.63, 3.8) is 0 Å². The van der Waals surface area contributed by atoms with Crippen LogP contribution < -0.4 is 11.1 Å². The zero-order valence-electron chi connectivity index (χ0n) is 11.5. The Labute approximate surface area is 122 Å². The summed E-state index contributed by atoms with van der Waals surface area (Å²) in [6, 6.07) is 14.9. The number of anilines is 1. The van der Waals surface area contributed by atoms with E-state index >= 15 is 0 Å². The normalized spacial score (nSPS) is 10.7. The lowest BCUT2D eigenvalue weighted by atomic mass is 10.1. The minimum Gasteiger partial charge on any atom is -0.398 e. The minimum atomic E-state index is -0.163. The average Bonchev–Trinajstić information content (AvgIpc) is 2.90. The van der Waals surface area contributed by atoms with Gasteiger partial charge in [0.05, 0.1) is 16.6 Å². The smallest absolute Gasteiger partial charge is 0.253 e. The Morgan fingerprint density at radius 3 is 2.71 bits per heavy atom. The number of nitrogens with one attached hydrogen (secondary N) is 2. The molecule has 3 rings (SSSR count). The van der Waals surface area contributed by atoms with Crippen molar-refractivity contribution >= 4 is 22.6 Å². The minimum absolute atomic E-state index is 0.163. The SMILES string of the molecule is Nc1ccccc1C(=O)NCCc1nc2ccccc2[nH]1. The van der Waals surface area contributed by atoms with E-state index in [4.69, 9.17) is 5.73 Å². The fraction of sp³-hybridized carbons (Fsp3) is 0.125. The van der Waals surface area contributed by atoms with Gasteiger partial charge in [-0.15, -0.1) is 0 Å². The topological polar surface area (TPSA) is 83.8 Å². The van der Waals surface area contributed by atoms with Gasteiger partial charge in [-0.25, -0.2) is 4.98 Å². The Kier molecular flexibility index (Phi) is 3.55. The van der Waals surface area contributed by atoms with Crippen molar-refractivity contribution in [3.05, 3.63) is 59.9 Å². The number of carbonyl (C=O) groups is 1. The number of aromatic nitrogens is 2. The number of nitrogens with zero attached hydrogens (tertiary/aromatic N) is 1. The Morgan fingerprint density at radius 2 is 1.90 bits per heavy atom. The number of rotatable bonds is 4. The molecule has 0 radical (unpaired) electrons. The molecule has 2 aromatic carbocycles. The van der Waals surface area contributed by atoms with Crippen LogP contribution in [0.15, 0.2) is 48.5 Å². The molecule has 0 saturated carbocycles. The van der Waals surface area contributed by atoms with Crippen molar-refractivity contribution in [2.24, 2.45) is 0 Å². The third-order valence-corrected chi connectivity index (χ3v) is 3.29. The summed E-state index contributed by atoms with van der Waals surface area (Å²) in [6.45, 7) is 0.507. The summed E-state index contributed by atoms with van der Waals surface area (Å²) in [5, 5.41) is 2.85. The maximum absolute atomic E-state index is 12.0. The molecule has 1 aromatic heterocycles. The molecule has 0 atom stereocenters. The van der Waals surface area contributed by atoms with Gasteiger partial charge in [-0.2, -0.15) is 0 Å². The first kappa shape index (κ1) is 13.2. The van der Waals surface area contributed by atoms with Gasteiger partial charge in [0.15, 0.2) is 0 Å². The molecule has 0 saturated heterocycles. The lowest BCUT2D eigenvalue weighted by molar-refractivity contribution is 0.0955. The number of hydrogen-bond acceptors (Lipinski definition) is 3. The van der Waals surface area contributed by atoms with Crippen LogP contribution in [-0.2, 0) is 6.42 Å². The van der Waals surface area contributed by atoms with E-state index in [9.17, 15) is 4.79 Å². The highest BCUT2D eigenvalue weighted by Crippen LogP contribution is 2.11. The van der Waals surface area contributed by atoms with E-state index in [1.54, 1.807) is 24.3 Å². The van der Waals surface area contributed by atoms with Gasteiger partial charge in [0.2, 0.25) is 0 Å². The number of amides is 1. The summed E-state index contributed by atoms with van der Waals surface area (Å²) in [6.07, 6.45) is 0.646. The van der Waals surface area contributed by atoms with Crippen LogP contribution in [-0.4, -0.2) is 22.4 Å². The Bertz CT molecular complexity index is 746. The number of imidazole rings is 1. The lowest BCUT2D eigenvalue weighted by Crippen LogP contribution is -2.26. The van der Waals surface area contributed by atoms with Crippen molar-refractivity contribution in [2.45, 2.75) is 6.42 Å². The number of nitrogens with two attached hydrogens (primary N) is 1. The first-order valence-electron chi connectivity index (χ1n) is 6.80. The number of nitrogen functional groups attached to an aromatic ring is 1. The summed E-state index contributed by atoms with van der Waals surface area (Å²) < 4.78 is 0. The molecule has 21 heavy (non-hydrogen) atoms. The summed E-state index contributed by atoms with van der Waals surface area (Å²) in [7, 11) is 0. The number of aromatic amines is 1. The van der Waals surface area contributed by atoms with E-state index < -0.39 is 0 Å². The zero-order valence-corrected chi connectivity index (χ0v) is 11.5. The third kappa shape index (κ3) is 2.86. The molecule has 3 aromatic rings. The van der Waals surface area contributed by atoms with Crippen LogP contribution in [0, 0.1) is 0 Å². The van der Waals surface area contributed by atoms with Gasteiger partial charge in [0.1, 0.15) is 5.82 Å². The van der Waals surface area contributed by atoms with E-state index in [1.807, 2.05) is 24.3 Å². The molecular formula is C16H16N4O. The molecule has 1 heterocycles. The quantitative estimate of drug-likeness (QED) is 0.640. The summed E-state index contributed by atoms with van der Waals surface area (Å²) in [5.74, 6) is 0.696. The lowest BCUT2D eigenvalue weighted by Gasteiger charge is -2.06. The molecule has 0 aliphatic rings. The number of hydrogen-bond donors (Lipinski definition) is 3. The highest BCUT2D eigenvalue weighted by Gasteiger charge is 2.08. The number of carbonyl (C=O) groups excluding carboxylic acids is 1. The molecule has 0 unspecified atom stereocenters. The van der Waals surface area contributed by atoms with Crippen molar-refractivity contribution in [3.8, 4) is 0 Å². The molecule has 1 amide bonds. The molecule has 5 heteroatoms. The molecule has 4 N–H and O–H groups in total. The highest BCUT2D eigenvalue weighted by atomic mass is 16.1. The second-order valence-electron chi connectivity index (χ2n) is 4.79. The predicted octanol–water partition coefficient (Wildman–Crippen LogP) is 2.12. The van der Waals surface area contributed by atoms with Gasteiger partial charge in [0.25, 0.3) is 5.91 Å². The maximum atomic E-state index is 12.0.